The van der Waals surface area contributed by atoms with E-state index in [1.54, 1.807) is 0 Å². The number of carbonyl (C=O) groups is 1. The van der Waals surface area contributed by atoms with Crippen LogP contribution in [0.5, 0.6) is 0 Å². The highest BCUT2D eigenvalue weighted by molar-refractivity contribution is 6.30. The number of nitrogens with one attached hydrogen (secondary N) is 2. The lowest BCUT2D eigenvalue weighted by atomic mass is 9.94. The van der Waals surface area contributed by atoms with Gasteiger partial charge in [-0.1, -0.05) is 23.7 Å². The number of benzene rings is 2. The van der Waals surface area contributed by atoms with Crippen LogP contribution >= 0.6 is 11.6 Å². The maximum Gasteiger partial charge on any atom is 0.319 e. The van der Waals surface area contributed by atoms with Crippen molar-refractivity contribution in [3.05, 3.63) is 59.1 Å². The lowest BCUT2D eigenvalue weighted by Gasteiger charge is -2.27. The van der Waals surface area contributed by atoms with Crippen LogP contribution in [0.15, 0.2) is 48.5 Å². The van der Waals surface area contributed by atoms with E-state index in [0.717, 1.165) is 24.3 Å². The monoisotopic (exact) mass is 357 g/mol. The number of amides is 2. The summed E-state index contributed by atoms with van der Waals surface area (Å²) < 4.78 is 0. The van der Waals surface area contributed by atoms with E-state index >= 15 is 0 Å². The van der Waals surface area contributed by atoms with Crippen molar-refractivity contribution in [1.29, 1.82) is 0 Å². The first-order chi connectivity index (χ1) is 11.9. The molecule has 2 aromatic rings. The number of anilines is 2. The van der Waals surface area contributed by atoms with Crippen LogP contribution in [0.1, 0.15) is 32.3 Å². The number of rotatable bonds is 4. The normalized spacial score (nSPS) is 14.4. The van der Waals surface area contributed by atoms with Gasteiger partial charge >= 0.3 is 6.03 Å². The van der Waals surface area contributed by atoms with Gasteiger partial charge in [0.15, 0.2) is 0 Å². The van der Waals surface area contributed by atoms with Crippen molar-refractivity contribution >= 4 is 29.0 Å². The van der Waals surface area contributed by atoms with Gasteiger partial charge in [0, 0.05) is 29.5 Å². The molecule has 0 unspecified atom stereocenters. The summed E-state index contributed by atoms with van der Waals surface area (Å²) in [5.41, 5.74) is 2.50. The third-order valence-corrected chi connectivity index (χ3v) is 4.84. The van der Waals surface area contributed by atoms with Crippen LogP contribution in [-0.2, 0) is 5.54 Å². The van der Waals surface area contributed by atoms with E-state index in [2.05, 4.69) is 27.7 Å². The fourth-order valence-corrected chi connectivity index (χ4v) is 3.24. The van der Waals surface area contributed by atoms with Crippen molar-refractivity contribution < 1.29 is 4.79 Å². The van der Waals surface area contributed by atoms with Crippen molar-refractivity contribution in [2.45, 2.75) is 32.2 Å². The summed E-state index contributed by atoms with van der Waals surface area (Å²) in [6.45, 7) is 6.16. The van der Waals surface area contributed by atoms with E-state index in [1.807, 2.05) is 50.2 Å². The maximum atomic E-state index is 12.4. The predicted octanol–water partition coefficient (Wildman–Crippen LogP) is 5.00. The van der Waals surface area contributed by atoms with Crippen molar-refractivity contribution in [2.24, 2.45) is 0 Å². The molecule has 2 N–H and O–H groups in total. The van der Waals surface area contributed by atoms with E-state index in [4.69, 9.17) is 11.6 Å². The summed E-state index contributed by atoms with van der Waals surface area (Å²) in [6, 6.07) is 15.3. The third kappa shape index (κ3) is 4.45. The smallest absolute Gasteiger partial charge is 0.319 e. The van der Waals surface area contributed by atoms with Crippen LogP contribution in [0.25, 0.3) is 0 Å². The Morgan fingerprint density at radius 3 is 2.20 bits per heavy atom. The van der Waals surface area contributed by atoms with Crippen LogP contribution in [-0.4, -0.2) is 19.1 Å². The first-order valence-corrected chi connectivity index (χ1v) is 9.02. The first kappa shape index (κ1) is 17.6. The average Bonchev–Trinajstić information content (AvgIpc) is 3.10. The van der Waals surface area contributed by atoms with E-state index < -0.39 is 5.54 Å². The van der Waals surface area contributed by atoms with Crippen LogP contribution < -0.4 is 15.5 Å². The fourth-order valence-electron chi connectivity index (χ4n) is 3.12. The number of nitrogens with zero attached hydrogens (tertiary/aromatic N) is 1. The molecule has 0 atom stereocenters. The number of hydrogen-bond donors (Lipinski definition) is 2. The lowest BCUT2D eigenvalue weighted by molar-refractivity contribution is 0.242. The van der Waals surface area contributed by atoms with E-state index in [0.29, 0.717) is 5.02 Å². The lowest BCUT2D eigenvalue weighted by Crippen LogP contribution is -2.43. The largest absolute Gasteiger partial charge is 0.372 e. The Morgan fingerprint density at radius 2 is 1.60 bits per heavy atom. The molecule has 0 saturated carbocycles. The molecule has 0 aromatic heterocycles. The molecule has 0 bridgehead atoms. The topological polar surface area (TPSA) is 44.4 Å². The highest BCUT2D eigenvalue weighted by Crippen LogP contribution is 2.24. The Hall–Kier alpha value is -2.20. The molecule has 0 aliphatic carbocycles. The molecule has 1 heterocycles. The fraction of sp³-hybridized carbons (Fsp3) is 0.350. The predicted molar refractivity (Wildman–Crippen MR) is 105 cm³/mol. The quantitative estimate of drug-likeness (QED) is 0.808. The van der Waals surface area contributed by atoms with Gasteiger partial charge in [-0.3, -0.25) is 0 Å². The molecule has 0 radical (unpaired) electrons. The van der Waals surface area contributed by atoms with Gasteiger partial charge in [-0.25, -0.2) is 4.79 Å². The van der Waals surface area contributed by atoms with Gasteiger partial charge in [0.25, 0.3) is 0 Å². The van der Waals surface area contributed by atoms with Gasteiger partial charge in [-0.05, 0) is 68.7 Å². The van der Waals surface area contributed by atoms with Crippen LogP contribution in [0, 0.1) is 0 Å². The number of carbonyl (C=O) groups excluding carboxylic acids is 1. The van der Waals surface area contributed by atoms with Gasteiger partial charge in [0.2, 0.25) is 0 Å². The van der Waals surface area contributed by atoms with Crippen LogP contribution in [0.3, 0.4) is 0 Å². The van der Waals surface area contributed by atoms with Gasteiger partial charge in [-0.15, -0.1) is 0 Å². The van der Waals surface area contributed by atoms with E-state index in [1.165, 1.54) is 18.5 Å². The first-order valence-electron chi connectivity index (χ1n) is 8.64. The third-order valence-electron chi connectivity index (χ3n) is 4.59. The zero-order valence-corrected chi connectivity index (χ0v) is 15.4. The summed E-state index contributed by atoms with van der Waals surface area (Å²) in [6.07, 6.45) is 2.50. The number of urea groups is 1. The molecule has 132 valence electrons. The van der Waals surface area contributed by atoms with Crippen molar-refractivity contribution in [2.75, 3.05) is 23.3 Å². The van der Waals surface area contributed by atoms with Crippen molar-refractivity contribution in [3.63, 3.8) is 0 Å². The molecule has 1 aliphatic rings. The Balaban J connectivity index is 1.60. The van der Waals surface area contributed by atoms with E-state index in [9.17, 15) is 4.79 Å². The Kier molecular flexibility index (Phi) is 5.19. The minimum absolute atomic E-state index is 0.228. The zero-order chi connectivity index (χ0) is 17.9. The molecule has 4 nitrogen and oxygen atoms in total. The van der Waals surface area contributed by atoms with Gasteiger partial charge in [0.05, 0.1) is 5.54 Å². The van der Waals surface area contributed by atoms with Crippen molar-refractivity contribution in [1.82, 2.24) is 5.32 Å². The molecule has 1 fully saturated rings. The van der Waals surface area contributed by atoms with Crippen molar-refractivity contribution in [3.8, 4) is 0 Å². The van der Waals surface area contributed by atoms with Gasteiger partial charge in [-0.2, -0.15) is 0 Å². The highest BCUT2D eigenvalue weighted by Gasteiger charge is 2.22. The minimum atomic E-state index is -0.496. The molecule has 2 aromatic carbocycles. The van der Waals surface area contributed by atoms with Gasteiger partial charge < -0.3 is 15.5 Å². The van der Waals surface area contributed by atoms with E-state index in [-0.39, 0.29) is 6.03 Å². The second-order valence-corrected chi connectivity index (χ2v) is 7.39. The highest BCUT2D eigenvalue weighted by atomic mass is 35.5. The Labute approximate surface area is 154 Å². The molecule has 5 heteroatoms. The molecule has 25 heavy (non-hydrogen) atoms. The maximum absolute atomic E-state index is 12.4. The standard InChI is InChI=1S/C20H24ClN3O/c1-20(2,15-5-7-16(21)8-6-15)23-19(25)22-17-9-11-18(12-10-17)24-13-3-4-14-24/h5-12H,3-4,13-14H2,1-2H3,(H2,22,23,25). The molecule has 1 saturated heterocycles. The van der Waals surface area contributed by atoms with Crippen LogP contribution in [0.2, 0.25) is 5.02 Å². The van der Waals surface area contributed by atoms with Gasteiger partial charge in [0.1, 0.15) is 0 Å². The second kappa shape index (κ2) is 7.36. The molecule has 1 aliphatic heterocycles. The molecular weight excluding hydrogens is 334 g/mol. The SMILES string of the molecule is CC(C)(NC(=O)Nc1ccc(N2CCCC2)cc1)c1ccc(Cl)cc1. The number of hydrogen-bond acceptors (Lipinski definition) is 2. The summed E-state index contributed by atoms with van der Waals surface area (Å²) >= 11 is 5.93. The molecule has 3 rings (SSSR count). The second-order valence-electron chi connectivity index (χ2n) is 6.95. The Bertz CT molecular complexity index is 720. The number of halogens is 1. The minimum Gasteiger partial charge on any atom is -0.372 e. The summed E-state index contributed by atoms with van der Waals surface area (Å²) in [5, 5.41) is 6.59. The summed E-state index contributed by atoms with van der Waals surface area (Å²) in [5.74, 6) is 0. The summed E-state index contributed by atoms with van der Waals surface area (Å²) in [4.78, 5) is 14.7. The molecular formula is C20H24ClN3O. The molecule has 0 spiro atoms. The van der Waals surface area contributed by atoms with Crippen LogP contribution in [0.4, 0.5) is 16.2 Å². The average molecular weight is 358 g/mol. The Morgan fingerprint density at radius 1 is 1.00 bits per heavy atom. The zero-order valence-electron chi connectivity index (χ0n) is 14.7. The summed E-state index contributed by atoms with van der Waals surface area (Å²) in [7, 11) is 0. The molecule has 2 amide bonds.